The number of anilines is 2. The molecule has 1 atom stereocenters. The van der Waals surface area contributed by atoms with Gasteiger partial charge in [-0.25, -0.2) is 0 Å². The van der Waals surface area contributed by atoms with Crippen molar-refractivity contribution in [2.75, 3.05) is 43.9 Å². The molecule has 0 spiro atoms. The highest BCUT2D eigenvalue weighted by Gasteiger charge is 2.28. The summed E-state index contributed by atoms with van der Waals surface area (Å²) in [6, 6.07) is 25.8. The number of piperidine rings is 1. The molecule has 1 aliphatic heterocycles. The Hall–Kier alpha value is -4.26. The summed E-state index contributed by atoms with van der Waals surface area (Å²) in [6.45, 7) is 14.6. The summed E-state index contributed by atoms with van der Waals surface area (Å²) in [5.74, 6) is -0.129. The first kappa shape index (κ1) is 36.9. The zero-order valence-electron chi connectivity index (χ0n) is 28.0. The van der Waals surface area contributed by atoms with E-state index in [9.17, 15) is 9.59 Å². The highest BCUT2D eigenvalue weighted by atomic mass is 16.1. The van der Waals surface area contributed by atoms with E-state index >= 15 is 0 Å². The van der Waals surface area contributed by atoms with Crippen LogP contribution in [-0.2, 0) is 4.79 Å². The van der Waals surface area contributed by atoms with Crippen LogP contribution in [0.3, 0.4) is 0 Å². The van der Waals surface area contributed by atoms with E-state index in [1.54, 1.807) is 6.08 Å². The van der Waals surface area contributed by atoms with Crippen molar-refractivity contribution in [3.05, 3.63) is 121 Å². The van der Waals surface area contributed by atoms with Crippen molar-refractivity contribution in [3.63, 3.8) is 0 Å². The Morgan fingerprint density at radius 3 is 2.16 bits per heavy atom. The van der Waals surface area contributed by atoms with Crippen LogP contribution in [0, 0.1) is 0 Å². The highest BCUT2D eigenvalue weighted by molar-refractivity contribution is 6.08. The summed E-state index contributed by atoms with van der Waals surface area (Å²) >= 11 is 0. The lowest BCUT2D eigenvalue weighted by molar-refractivity contribution is -0.111. The number of hydrogen-bond acceptors (Lipinski definition) is 5. The number of rotatable bonds is 11. The molecular formula is C39H52N4O2. The number of carbonyl (C=O) groups is 2. The fourth-order valence-corrected chi connectivity index (χ4v) is 5.25. The first-order chi connectivity index (χ1) is 22.0. The van der Waals surface area contributed by atoms with Gasteiger partial charge in [0.2, 0.25) is 0 Å². The smallest absolute Gasteiger partial charge is 0.256 e. The fraction of sp³-hybridized carbons (Fsp3) is 0.333. The molecule has 1 saturated heterocycles. The van der Waals surface area contributed by atoms with Crippen molar-refractivity contribution >= 4 is 23.6 Å². The van der Waals surface area contributed by atoms with Gasteiger partial charge in [-0.15, -0.1) is 0 Å². The molecule has 0 bridgehead atoms. The van der Waals surface area contributed by atoms with Crippen LogP contribution >= 0.6 is 0 Å². The summed E-state index contributed by atoms with van der Waals surface area (Å²) in [5, 5.41) is 5.99. The Labute approximate surface area is 271 Å². The first-order valence-electron chi connectivity index (χ1n) is 16.0. The molecule has 45 heavy (non-hydrogen) atoms. The molecule has 6 nitrogen and oxygen atoms in total. The van der Waals surface area contributed by atoms with Crippen molar-refractivity contribution in [1.82, 2.24) is 10.2 Å². The molecule has 3 aromatic carbocycles. The average molecular weight is 609 g/mol. The minimum absolute atomic E-state index is 0.129. The van der Waals surface area contributed by atoms with Gasteiger partial charge in [-0.05, 0) is 80.4 Å². The SMILES string of the molecule is C=C/C=C(\C=C/C)C(C=O)N1CCC(N(C)c2ccc(NC(=O)c3ccccc3-c3ccccc3)cc2)CC1.CC.CCNC. The Kier molecular flexibility index (Phi) is 16.9. The molecule has 4 rings (SSSR count). The maximum Gasteiger partial charge on any atom is 0.256 e. The topological polar surface area (TPSA) is 64.7 Å². The molecule has 0 aliphatic carbocycles. The third-order valence-corrected chi connectivity index (χ3v) is 7.72. The zero-order chi connectivity index (χ0) is 33.0. The number of carbonyl (C=O) groups excluding carboxylic acids is 2. The number of benzene rings is 3. The molecular weight excluding hydrogens is 556 g/mol. The van der Waals surface area contributed by atoms with Gasteiger partial charge in [0.25, 0.3) is 5.91 Å². The average Bonchev–Trinajstić information content (AvgIpc) is 3.10. The Morgan fingerprint density at radius 1 is 1.00 bits per heavy atom. The van der Waals surface area contributed by atoms with Crippen molar-refractivity contribution in [1.29, 1.82) is 0 Å². The van der Waals surface area contributed by atoms with E-state index < -0.39 is 0 Å². The number of nitrogens with zero attached hydrogens (tertiary/aromatic N) is 2. The molecule has 0 aromatic heterocycles. The Balaban J connectivity index is 0.00000109. The van der Waals surface area contributed by atoms with E-state index in [0.29, 0.717) is 11.6 Å². The number of hydrogen-bond donors (Lipinski definition) is 2. The van der Waals surface area contributed by atoms with Crippen molar-refractivity contribution in [3.8, 4) is 11.1 Å². The van der Waals surface area contributed by atoms with Crippen molar-refractivity contribution < 1.29 is 9.59 Å². The molecule has 1 aliphatic rings. The molecule has 2 N–H and O–H groups in total. The van der Waals surface area contributed by atoms with Gasteiger partial charge in [0, 0.05) is 43.1 Å². The van der Waals surface area contributed by atoms with Gasteiger partial charge in [0.05, 0.1) is 6.04 Å². The van der Waals surface area contributed by atoms with Crippen LogP contribution < -0.4 is 15.5 Å². The molecule has 1 unspecified atom stereocenters. The van der Waals surface area contributed by atoms with E-state index in [4.69, 9.17) is 0 Å². The summed E-state index contributed by atoms with van der Waals surface area (Å²) in [4.78, 5) is 29.6. The summed E-state index contributed by atoms with van der Waals surface area (Å²) in [7, 11) is 4.05. The normalized spacial score (nSPS) is 14.3. The highest BCUT2D eigenvalue weighted by Crippen LogP contribution is 2.27. The molecule has 1 amide bonds. The number of amides is 1. The minimum atomic E-state index is -0.250. The molecule has 0 radical (unpaired) electrons. The van der Waals surface area contributed by atoms with Crippen LogP contribution in [0.5, 0.6) is 0 Å². The fourth-order valence-electron chi connectivity index (χ4n) is 5.25. The maximum atomic E-state index is 13.2. The van der Waals surface area contributed by atoms with Crippen LogP contribution in [0.25, 0.3) is 11.1 Å². The lowest BCUT2D eigenvalue weighted by Gasteiger charge is -2.40. The second kappa shape index (κ2) is 20.7. The lowest BCUT2D eigenvalue weighted by atomic mass is 9.98. The van der Waals surface area contributed by atoms with Gasteiger partial charge in [-0.1, -0.05) is 100 Å². The molecule has 3 aromatic rings. The molecule has 1 heterocycles. The monoisotopic (exact) mass is 608 g/mol. The quantitative estimate of drug-likeness (QED) is 0.171. The maximum absolute atomic E-state index is 13.2. The van der Waals surface area contributed by atoms with Crippen LogP contribution in [0.1, 0.15) is 50.9 Å². The Morgan fingerprint density at radius 2 is 1.60 bits per heavy atom. The third-order valence-electron chi connectivity index (χ3n) is 7.72. The Bertz CT molecular complexity index is 1360. The van der Waals surface area contributed by atoms with E-state index in [-0.39, 0.29) is 11.9 Å². The summed E-state index contributed by atoms with van der Waals surface area (Å²) in [5.41, 5.74) is 5.40. The second-order valence-corrected chi connectivity index (χ2v) is 10.5. The van der Waals surface area contributed by atoms with Gasteiger partial charge < -0.3 is 20.3 Å². The molecule has 240 valence electrons. The van der Waals surface area contributed by atoms with Gasteiger partial charge in [0.1, 0.15) is 6.29 Å². The third kappa shape index (κ3) is 11.0. The molecule has 1 fully saturated rings. The van der Waals surface area contributed by atoms with Gasteiger partial charge in [-0.3, -0.25) is 9.69 Å². The van der Waals surface area contributed by atoms with Gasteiger partial charge in [0.15, 0.2) is 0 Å². The zero-order valence-corrected chi connectivity index (χ0v) is 28.0. The standard InChI is InChI=1S/C34H37N3O2.C3H9N.C2H6/c1-4-11-27(12-5-2)33(25-38)37-23-21-30(22-24-37)36(3)29-19-17-28(18-20-29)35-34(39)32-16-10-9-15-31(32)26-13-7-6-8-14-26;1-3-4-2;1-2/h4-20,25,30,33H,1,21-24H2,2-3H3,(H,35,39);4H,3H2,1-2H3;1-2H3/b12-5-,27-11+;;. The predicted octanol–water partition coefficient (Wildman–Crippen LogP) is 8.01. The number of nitrogens with one attached hydrogen (secondary N) is 2. The van der Waals surface area contributed by atoms with Gasteiger partial charge in [-0.2, -0.15) is 0 Å². The van der Waals surface area contributed by atoms with Crippen LogP contribution in [0.2, 0.25) is 0 Å². The van der Waals surface area contributed by atoms with Crippen molar-refractivity contribution in [2.45, 2.75) is 52.6 Å². The lowest BCUT2D eigenvalue weighted by Crippen LogP contribution is -2.48. The van der Waals surface area contributed by atoms with E-state index in [2.05, 4.69) is 53.1 Å². The van der Waals surface area contributed by atoms with E-state index in [1.165, 1.54) is 0 Å². The van der Waals surface area contributed by atoms with Gasteiger partial charge >= 0.3 is 0 Å². The number of allylic oxidation sites excluding steroid dienone is 3. The van der Waals surface area contributed by atoms with E-state index in [1.807, 2.05) is 113 Å². The second-order valence-electron chi connectivity index (χ2n) is 10.5. The van der Waals surface area contributed by atoms with Crippen molar-refractivity contribution in [2.24, 2.45) is 0 Å². The summed E-state index contributed by atoms with van der Waals surface area (Å²) in [6.07, 6.45) is 10.6. The van der Waals surface area contributed by atoms with Crippen LogP contribution in [0.15, 0.2) is 115 Å². The van der Waals surface area contributed by atoms with E-state index in [0.717, 1.165) is 66.8 Å². The first-order valence-corrected chi connectivity index (χ1v) is 16.0. The summed E-state index contributed by atoms with van der Waals surface area (Å²) < 4.78 is 0. The molecule has 6 heteroatoms. The number of aldehydes is 1. The van der Waals surface area contributed by atoms with Crippen LogP contribution in [-0.4, -0.2) is 62.9 Å². The van der Waals surface area contributed by atoms with Crippen LogP contribution in [0.4, 0.5) is 11.4 Å². The largest absolute Gasteiger partial charge is 0.372 e. The minimum Gasteiger partial charge on any atom is -0.372 e. The number of likely N-dealkylation sites (tertiary alicyclic amines) is 1. The predicted molar refractivity (Wildman–Crippen MR) is 193 cm³/mol. The molecule has 0 saturated carbocycles.